The average molecular weight is 465 g/mol. The van der Waals surface area contributed by atoms with Gasteiger partial charge in [0.2, 0.25) is 0 Å². The van der Waals surface area contributed by atoms with E-state index in [2.05, 4.69) is 81.9 Å². The van der Waals surface area contributed by atoms with Crippen molar-refractivity contribution in [1.29, 1.82) is 0 Å². The molecule has 0 heterocycles. The van der Waals surface area contributed by atoms with Crippen LogP contribution in [0.5, 0.6) is 0 Å². The van der Waals surface area contributed by atoms with E-state index in [0.717, 1.165) is 6.54 Å². The van der Waals surface area contributed by atoms with E-state index in [1.165, 1.54) is 53.9 Å². The van der Waals surface area contributed by atoms with Gasteiger partial charge in [-0.25, -0.2) is 0 Å². The van der Waals surface area contributed by atoms with Crippen molar-refractivity contribution < 1.29 is 0 Å². The third kappa shape index (κ3) is 6.25. The molecule has 0 saturated heterocycles. The zero-order valence-corrected chi connectivity index (χ0v) is 18.1. The number of halogens is 1. The van der Waals surface area contributed by atoms with Crippen LogP contribution in [-0.2, 0) is 6.54 Å². The van der Waals surface area contributed by atoms with Crippen LogP contribution in [-0.4, -0.2) is 25.3 Å². The minimum absolute atomic E-state index is 0.315. The summed E-state index contributed by atoms with van der Waals surface area (Å²) in [7, 11) is 0. The summed E-state index contributed by atoms with van der Waals surface area (Å²) in [5, 5.41) is 5.23. The number of benzene rings is 2. The van der Waals surface area contributed by atoms with Crippen LogP contribution in [0.2, 0.25) is 5.32 Å². The molecular formula is C22H28BrNSe. The van der Waals surface area contributed by atoms with E-state index >= 15 is 0 Å². The van der Waals surface area contributed by atoms with Crippen LogP contribution in [0.25, 0.3) is 0 Å². The van der Waals surface area contributed by atoms with Gasteiger partial charge >= 0.3 is 168 Å². The first-order chi connectivity index (χ1) is 12.3. The molecule has 134 valence electrons. The summed E-state index contributed by atoms with van der Waals surface area (Å²) in [6, 6.07) is 21.8. The van der Waals surface area contributed by atoms with E-state index in [1.807, 2.05) is 0 Å². The van der Waals surface area contributed by atoms with Crippen LogP contribution >= 0.6 is 15.9 Å². The summed E-state index contributed by atoms with van der Waals surface area (Å²) in [5.74, 6) is 0. The quantitative estimate of drug-likeness (QED) is 0.424. The fourth-order valence-corrected chi connectivity index (χ4v) is 6.82. The summed E-state index contributed by atoms with van der Waals surface area (Å²) in [6.07, 6.45) is 8.02. The van der Waals surface area contributed by atoms with Crippen LogP contribution in [0.1, 0.15) is 44.1 Å². The van der Waals surface area contributed by atoms with Gasteiger partial charge in [0.1, 0.15) is 0 Å². The van der Waals surface area contributed by atoms with Crippen molar-refractivity contribution in [1.82, 2.24) is 5.32 Å². The standard InChI is InChI=1S/C22H28BrNSe/c23-20(18-25-21-12-6-2-7-13-21)16-22(14-8-3-9-15-22)24-17-19-10-4-1-5-11-19/h1-2,4-7,10-13,20,24H,3,8-9,14-18H2. The molecule has 25 heavy (non-hydrogen) atoms. The van der Waals surface area contributed by atoms with Crippen molar-refractivity contribution in [3.8, 4) is 0 Å². The Bertz CT molecular complexity index is 610. The molecule has 1 saturated carbocycles. The molecule has 0 aromatic heterocycles. The second-order valence-corrected chi connectivity index (χ2v) is 10.7. The Balaban J connectivity index is 1.55. The van der Waals surface area contributed by atoms with E-state index in [0.29, 0.717) is 25.3 Å². The molecule has 1 nitrogen and oxygen atoms in total. The Hall–Kier alpha value is -0.601. The maximum atomic E-state index is 4.01. The summed E-state index contributed by atoms with van der Waals surface area (Å²) in [6.45, 7) is 0.990. The van der Waals surface area contributed by atoms with Crippen LogP contribution in [0.15, 0.2) is 60.7 Å². The molecule has 0 bridgehead atoms. The van der Waals surface area contributed by atoms with Crippen molar-refractivity contribution in [2.24, 2.45) is 0 Å². The van der Waals surface area contributed by atoms with Gasteiger partial charge in [0.15, 0.2) is 0 Å². The Morgan fingerprint density at radius 1 is 0.920 bits per heavy atom. The van der Waals surface area contributed by atoms with Gasteiger partial charge in [-0.05, 0) is 0 Å². The van der Waals surface area contributed by atoms with Gasteiger partial charge in [0.05, 0.1) is 0 Å². The number of nitrogens with one attached hydrogen (secondary N) is 1. The average Bonchev–Trinajstić information content (AvgIpc) is 2.67. The van der Waals surface area contributed by atoms with Crippen molar-refractivity contribution in [3.05, 3.63) is 66.2 Å². The van der Waals surface area contributed by atoms with Crippen molar-refractivity contribution >= 4 is 35.3 Å². The molecule has 0 radical (unpaired) electrons. The monoisotopic (exact) mass is 465 g/mol. The Morgan fingerprint density at radius 3 is 2.24 bits per heavy atom. The van der Waals surface area contributed by atoms with Gasteiger partial charge in [-0.15, -0.1) is 0 Å². The zero-order valence-electron chi connectivity index (χ0n) is 14.8. The fourth-order valence-electron chi connectivity index (χ4n) is 3.75. The molecule has 0 amide bonds. The predicted octanol–water partition coefficient (Wildman–Crippen LogP) is 5.08. The molecule has 2 aromatic carbocycles. The number of hydrogen-bond acceptors (Lipinski definition) is 1. The molecule has 1 atom stereocenters. The zero-order chi connectivity index (χ0) is 17.4. The second kappa shape index (κ2) is 9.92. The van der Waals surface area contributed by atoms with Crippen LogP contribution in [0.3, 0.4) is 0 Å². The predicted molar refractivity (Wildman–Crippen MR) is 113 cm³/mol. The van der Waals surface area contributed by atoms with Crippen molar-refractivity contribution in [2.75, 3.05) is 0 Å². The fraction of sp³-hybridized carbons (Fsp3) is 0.455. The molecular weight excluding hydrogens is 437 g/mol. The third-order valence-corrected chi connectivity index (χ3v) is 9.18. The first kappa shape index (κ1) is 19.2. The second-order valence-electron chi connectivity index (χ2n) is 7.11. The maximum absolute atomic E-state index is 4.01. The van der Waals surface area contributed by atoms with Crippen molar-refractivity contribution in [2.45, 2.75) is 60.8 Å². The molecule has 1 fully saturated rings. The summed E-state index contributed by atoms with van der Waals surface area (Å²) < 4.78 is 1.51. The van der Waals surface area contributed by atoms with Crippen molar-refractivity contribution in [3.63, 3.8) is 0 Å². The minimum atomic E-state index is 0.315. The van der Waals surface area contributed by atoms with Gasteiger partial charge in [0, 0.05) is 0 Å². The number of hydrogen-bond donors (Lipinski definition) is 1. The normalized spacial score (nSPS) is 18.0. The molecule has 1 N–H and O–H groups in total. The summed E-state index contributed by atoms with van der Waals surface area (Å²) >= 11 is 4.57. The molecule has 0 aliphatic heterocycles. The first-order valence-corrected chi connectivity index (χ1v) is 12.4. The van der Waals surface area contributed by atoms with Crippen LogP contribution in [0.4, 0.5) is 0 Å². The summed E-state index contributed by atoms with van der Waals surface area (Å²) in [4.78, 5) is 0.606. The Kier molecular flexibility index (Phi) is 7.61. The number of alkyl halides is 1. The SMILES string of the molecule is BrC(C[Se]c1ccccc1)CC1(NCc2ccccc2)CCCCC1. The van der Waals surface area contributed by atoms with Gasteiger partial charge in [-0.3, -0.25) is 0 Å². The third-order valence-electron chi connectivity index (χ3n) is 5.11. The molecule has 3 rings (SSSR count). The Morgan fingerprint density at radius 2 is 1.56 bits per heavy atom. The molecule has 1 aliphatic carbocycles. The van der Waals surface area contributed by atoms with E-state index in [9.17, 15) is 0 Å². The van der Waals surface area contributed by atoms with Gasteiger partial charge in [-0.2, -0.15) is 0 Å². The van der Waals surface area contributed by atoms with Gasteiger partial charge < -0.3 is 0 Å². The van der Waals surface area contributed by atoms with Crippen LogP contribution in [0, 0.1) is 0 Å². The molecule has 3 heteroatoms. The molecule has 1 aliphatic rings. The van der Waals surface area contributed by atoms with E-state index in [-0.39, 0.29) is 0 Å². The molecule has 1 unspecified atom stereocenters. The van der Waals surface area contributed by atoms with E-state index in [4.69, 9.17) is 0 Å². The summed E-state index contributed by atoms with van der Waals surface area (Å²) in [5.41, 5.74) is 1.71. The molecule has 0 spiro atoms. The molecule has 2 aromatic rings. The van der Waals surface area contributed by atoms with Gasteiger partial charge in [-0.1, -0.05) is 0 Å². The van der Waals surface area contributed by atoms with Crippen LogP contribution < -0.4 is 9.78 Å². The van der Waals surface area contributed by atoms with E-state index < -0.39 is 0 Å². The van der Waals surface area contributed by atoms with E-state index in [1.54, 1.807) is 0 Å². The topological polar surface area (TPSA) is 12.0 Å². The van der Waals surface area contributed by atoms with Gasteiger partial charge in [0.25, 0.3) is 0 Å². The Labute approximate surface area is 167 Å². The first-order valence-electron chi connectivity index (χ1n) is 9.37. The number of rotatable bonds is 8.